The number of amides is 1. The smallest absolute Gasteiger partial charge is 0.223 e. The molecule has 1 N–H and O–H groups in total. The Bertz CT molecular complexity index is 596. The minimum Gasteiger partial charge on any atom is -0.393 e. The fraction of sp³-hybridized carbons (Fsp3) is 0.955. The molecule has 0 aromatic rings. The predicted octanol–water partition coefficient (Wildman–Crippen LogP) is 1.82. The maximum Gasteiger partial charge on any atom is 0.223 e. The molecule has 0 bridgehead atoms. The van der Waals surface area contributed by atoms with Crippen LogP contribution in [0.3, 0.4) is 0 Å². The molecule has 7 heteroatoms. The van der Waals surface area contributed by atoms with Gasteiger partial charge in [0, 0.05) is 32.0 Å². The van der Waals surface area contributed by atoms with Crippen molar-refractivity contribution in [3.8, 4) is 0 Å². The normalized spacial score (nSPS) is 45.4. The molecule has 7 nitrogen and oxygen atoms in total. The van der Waals surface area contributed by atoms with Crippen LogP contribution in [-0.2, 0) is 23.7 Å². The van der Waals surface area contributed by atoms with E-state index in [1.165, 1.54) is 0 Å². The Balaban J connectivity index is 1.51. The molecule has 4 rings (SSSR count). The quantitative estimate of drug-likeness (QED) is 0.760. The molecule has 2 aliphatic heterocycles. The molecule has 1 unspecified atom stereocenters. The molecule has 0 aromatic carbocycles. The maximum atomic E-state index is 13.0. The molecule has 0 spiro atoms. The Kier molecular flexibility index (Phi) is 6.24. The number of ether oxygens (including phenoxy) is 4. The van der Waals surface area contributed by atoms with Crippen LogP contribution in [0.4, 0.5) is 0 Å². The van der Waals surface area contributed by atoms with E-state index in [0.717, 1.165) is 25.7 Å². The molecule has 4 fully saturated rings. The molecule has 0 radical (unpaired) electrons. The Morgan fingerprint density at radius 2 is 1.93 bits per heavy atom. The number of carbonyl (C=O) groups excluding carboxylic acids is 1. The highest BCUT2D eigenvalue weighted by molar-refractivity contribution is 5.76. The average Bonchev–Trinajstić information content (AvgIpc) is 2.72. The number of nitrogens with zero attached hydrogens (tertiary/aromatic N) is 1. The summed E-state index contributed by atoms with van der Waals surface area (Å²) >= 11 is 0. The number of rotatable bonds is 4. The van der Waals surface area contributed by atoms with Gasteiger partial charge in [-0.25, -0.2) is 0 Å². The highest BCUT2D eigenvalue weighted by Crippen LogP contribution is 2.62. The van der Waals surface area contributed by atoms with Gasteiger partial charge in [0.15, 0.2) is 6.29 Å². The van der Waals surface area contributed by atoms with Crippen LogP contribution in [0.5, 0.6) is 0 Å². The highest BCUT2D eigenvalue weighted by Gasteiger charge is 2.61. The summed E-state index contributed by atoms with van der Waals surface area (Å²) in [5.41, 5.74) is -0.191. The molecule has 0 aromatic heterocycles. The fourth-order valence-corrected chi connectivity index (χ4v) is 6.64. The minimum atomic E-state index is -0.423. The molecular weight excluding hydrogens is 374 g/mol. The number of fused-ring (bicyclic) bond motifs is 3. The Labute approximate surface area is 174 Å². The molecule has 2 aliphatic carbocycles. The summed E-state index contributed by atoms with van der Waals surface area (Å²) in [4.78, 5) is 14.9. The molecule has 4 aliphatic rings. The molecule has 1 amide bonds. The van der Waals surface area contributed by atoms with Gasteiger partial charge in [0.2, 0.25) is 5.91 Å². The van der Waals surface area contributed by atoms with Gasteiger partial charge in [0.1, 0.15) is 0 Å². The second-order valence-electron chi connectivity index (χ2n) is 9.87. The lowest BCUT2D eigenvalue weighted by molar-refractivity contribution is -0.316. The minimum absolute atomic E-state index is 0.0222. The highest BCUT2D eigenvalue weighted by atomic mass is 16.7. The second-order valence-corrected chi connectivity index (χ2v) is 9.87. The van der Waals surface area contributed by atoms with Gasteiger partial charge >= 0.3 is 0 Å². The fourth-order valence-electron chi connectivity index (χ4n) is 6.64. The monoisotopic (exact) mass is 411 g/mol. The summed E-state index contributed by atoms with van der Waals surface area (Å²) in [5, 5.41) is 10.9. The van der Waals surface area contributed by atoms with E-state index in [2.05, 4.69) is 13.8 Å². The Morgan fingerprint density at radius 1 is 1.17 bits per heavy atom. The van der Waals surface area contributed by atoms with Crippen molar-refractivity contribution in [3.05, 3.63) is 0 Å². The van der Waals surface area contributed by atoms with Crippen molar-refractivity contribution in [1.29, 1.82) is 0 Å². The van der Waals surface area contributed by atoms with Crippen molar-refractivity contribution in [2.45, 2.75) is 64.4 Å². The van der Waals surface area contributed by atoms with Crippen LogP contribution >= 0.6 is 0 Å². The van der Waals surface area contributed by atoms with Crippen molar-refractivity contribution in [3.63, 3.8) is 0 Å². The number of hydrogen-bond donors (Lipinski definition) is 1. The zero-order valence-corrected chi connectivity index (χ0v) is 18.1. The van der Waals surface area contributed by atoms with E-state index in [4.69, 9.17) is 18.9 Å². The van der Waals surface area contributed by atoms with Crippen molar-refractivity contribution < 1.29 is 28.8 Å². The Morgan fingerprint density at radius 3 is 2.66 bits per heavy atom. The third-order valence-electron chi connectivity index (χ3n) is 8.29. The van der Waals surface area contributed by atoms with Gasteiger partial charge < -0.3 is 29.0 Å². The third-order valence-corrected chi connectivity index (χ3v) is 8.29. The lowest BCUT2D eigenvalue weighted by Gasteiger charge is -2.63. The van der Waals surface area contributed by atoms with Gasteiger partial charge in [0.25, 0.3) is 0 Å². The van der Waals surface area contributed by atoms with Gasteiger partial charge in [0.05, 0.1) is 38.6 Å². The number of methoxy groups -OCH3 is 1. The van der Waals surface area contributed by atoms with E-state index < -0.39 is 6.10 Å². The Hall–Kier alpha value is -0.730. The second kappa shape index (κ2) is 8.42. The number of aliphatic hydroxyl groups excluding tert-OH is 1. The number of hydrogen-bond acceptors (Lipinski definition) is 6. The number of aliphatic hydroxyl groups is 1. The van der Waals surface area contributed by atoms with Gasteiger partial charge in [-0.15, -0.1) is 0 Å². The van der Waals surface area contributed by atoms with Gasteiger partial charge in [-0.3, -0.25) is 4.79 Å². The molecular formula is C22H37NO6. The van der Waals surface area contributed by atoms with E-state index in [0.29, 0.717) is 51.9 Å². The first-order chi connectivity index (χ1) is 13.9. The largest absolute Gasteiger partial charge is 0.393 e. The van der Waals surface area contributed by atoms with Crippen molar-refractivity contribution in [1.82, 2.24) is 4.90 Å². The van der Waals surface area contributed by atoms with Crippen LogP contribution in [0.2, 0.25) is 0 Å². The first-order valence-electron chi connectivity index (χ1n) is 11.2. The summed E-state index contributed by atoms with van der Waals surface area (Å²) in [7, 11) is 1.66. The van der Waals surface area contributed by atoms with Crippen LogP contribution < -0.4 is 0 Å². The zero-order valence-electron chi connectivity index (χ0n) is 18.1. The van der Waals surface area contributed by atoms with Crippen LogP contribution in [0.25, 0.3) is 0 Å². The lowest BCUT2D eigenvalue weighted by Crippen LogP contribution is -2.63. The van der Waals surface area contributed by atoms with Crippen LogP contribution in [-0.4, -0.2) is 81.0 Å². The third kappa shape index (κ3) is 3.85. The van der Waals surface area contributed by atoms with Crippen molar-refractivity contribution in [2.24, 2.45) is 22.7 Å². The standard InChI is InChI=1S/C22H37NO6/c1-21-7-6-18-22(2,14-28-20(29-18)13-26-3)17(21)5-4-16(24)15(21)12-19(25)23-8-10-27-11-9-23/h15-18,20,24H,4-14H2,1-3H3/t15-,16-,17?,18-,20-,21+,22+/m1/s1. The topological polar surface area (TPSA) is 77.5 Å². The van der Waals surface area contributed by atoms with Gasteiger partial charge in [-0.1, -0.05) is 13.8 Å². The summed E-state index contributed by atoms with van der Waals surface area (Å²) in [5.74, 6) is 0.497. The molecule has 2 saturated heterocycles. The summed E-state index contributed by atoms with van der Waals surface area (Å²) in [6, 6.07) is 0. The van der Waals surface area contributed by atoms with Crippen molar-refractivity contribution >= 4 is 5.91 Å². The molecule has 2 saturated carbocycles. The summed E-state index contributed by atoms with van der Waals surface area (Å²) in [6.45, 7) is 8.19. The van der Waals surface area contributed by atoms with Crippen LogP contribution in [0.1, 0.15) is 46.0 Å². The average molecular weight is 412 g/mol. The molecule has 166 valence electrons. The van der Waals surface area contributed by atoms with Gasteiger partial charge in [-0.05, 0) is 42.9 Å². The lowest BCUT2D eigenvalue weighted by atomic mass is 9.46. The van der Waals surface area contributed by atoms with Crippen LogP contribution in [0, 0.1) is 22.7 Å². The molecule has 29 heavy (non-hydrogen) atoms. The van der Waals surface area contributed by atoms with E-state index in [-0.39, 0.29) is 35.0 Å². The van der Waals surface area contributed by atoms with E-state index in [1.54, 1.807) is 7.11 Å². The SMILES string of the molecule is COC[C@@H]1OC[C@@]2(C)C3CC[C@@H](O)[C@@H](CC(=O)N4CCOCC4)[C@]3(C)CC[C@H]2O1. The maximum absolute atomic E-state index is 13.0. The summed E-state index contributed by atoms with van der Waals surface area (Å²) < 4.78 is 22.9. The van der Waals surface area contributed by atoms with Crippen molar-refractivity contribution in [2.75, 3.05) is 46.6 Å². The first-order valence-corrected chi connectivity index (χ1v) is 11.2. The number of morpholine rings is 1. The van der Waals surface area contributed by atoms with E-state index >= 15 is 0 Å². The number of carbonyl (C=O) groups is 1. The van der Waals surface area contributed by atoms with Crippen LogP contribution in [0.15, 0.2) is 0 Å². The summed E-state index contributed by atoms with van der Waals surface area (Å²) in [6.07, 6.45) is 3.43. The molecule has 2 heterocycles. The zero-order chi connectivity index (χ0) is 20.6. The predicted molar refractivity (Wildman–Crippen MR) is 106 cm³/mol. The van der Waals surface area contributed by atoms with E-state index in [1.807, 2.05) is 4.90 Å². The molecule has 7 atom stereocenters. The first kappa shape index (κ1) is 21.5. The van der Waals surface area contributed by atoms with Gasteiger partial charge in [-0.2, -0.15) is 0 Å². The van der Waals surface area contributed by atoms with E-state index in [9.17, 15) is 9.90 Å².